The molecule has 1 fully saturated rings. The number of rotatable bonds is 5. The molecule has 0 saturated carbocycles. The van der Waals surface area contributed by atoms with Crippen molar-refractivity contribution < 1.29 is 14.8 Å². The zero-order chi connectivity index (χ0) is 14.0. The number of hydrogen-bond donors (Lipinski definition) is 1. The van der Waals surface area contributed by atoms with Gasteiger partial charge in [-0.3, -0.25) is 19.8 Å². The summed E-state index contributed by atoms with van der Waals surface area (Å²) in [7, 11) is 0. The van der Waals surface area contributed by atoms with Crippen LogP contribution in [0.25, 0.3) is 0 Å². The molecule has 1 aliphatic rings. The summed E-state index contributed by atoms with van der Waals surface area (Å²) in [4.78, 5) is 23.0. The van der Waals surface area contributed by atoms with Gasteiger partial charge in [0.2, 0.25) is 0 Å². The number of carboxylic acid groups (broad SMARTS) is 1. The van der Waals surface area contributed by atoms with Crippen LogP contribution in [0.2, 0.25) is 5.02 Å². The Morgan fingerprint density at radius 1 is 1.53 bits per heavy atom. The first kappa shape index (κ1) is 13.8. The van der Waals surface area contributed by atoms with Gasteiger partial charge in [0.05, 0.1) is 11.3 Å². The summed E-state index contributed by atoms with van der Waals surface area (Å²) in [6.07, 6.45) is 0.147. The SMILES string of the molecule is O=C(O)CC1CN(Cc2cc(Cl)ccc2[N+](=O)[O-])C1. The van der Waals surface area contributed by atoms with Crippen molar-refractivity contribution in [3.8, 4) is 0 Å². The molecular weight excluding hydrogens is 272 g/mol. The highest BCUT2D eigenvalue weighted by molar-refractivity contribution is 6.30. The molecule has 0 bridgehead atoms. The third kappa shape index (κ3) is 3.42. The Morgan fingerprint density at radius 2 is 2.21 bits per heavy atom. The van der Waals surface area contributed by atoms with E-state index in [0.717, 1.165) is 0 Å². The van der Waals surface area contributed by atoms with Gasteiger partial charge in [0, 0.05) is 36.3 Å². The van der Waals surface area contributed by atoms with Gasteiger partial charge in [-0.2, -0.15) is 0 Å². The number of carbonyl (C=O) groups is 1. The van der Waals surface area contributed by atoms with Crippen molar-refractivity contribution in [3.05, 3.63) is 38.9 Å². The summed E-state index contributed by atoms with van der Waals surface area (Å²) in [6.45, 7) is 1.72. The van der Waals surface area contributed by atoms with E-state index in [1.165, 1.54) is 12.1 Å². The Morgan fingerprint density at radius 3 is 2.79 bits per heavy atom. The number of aliphatic carboxylic acids is 1. The normalized spacial score (nSPS) is 16.1. The predicted molar refractivity (Wildman–Crippen MR) is 69.1 cm³/mol. The van der Waals surface area contributed by atoms with Crippen LogP contribution < -0.4 is 0 Å². The number of hydrogen-bond acceptors (Lipinski definition) is 4. The zero-order valence-corrected chi connectivity index (χ0v) is 10.8. The molecule has 1 saturated heterocycles. The van der Waals surface area contributed by atoms with Crippen molar-refractivity contribution in [1.29, 1.82) is 0 Å². The second kappa shape index (κ2) is 5.54. The maximum atomic E-state index is 10.9. The predicted octanol–water partition coefficient (Wildman–Crippen LogP) is 2.15. The molecule has 1 N–H and O–H groups in total. The van der Waals surface area contributed by atoms with Crippen molar-refractivity contribution in [3.63, 3.8) is 0 Å². The maximum absolute atomic E-state index is 10.9. The molecule has 0 aliphatic carbocycles. The second-order valence-electron chi connectivity index (χ2n) is 4.69. The summed E-state index contributed by atoms with van der Waals surface area (Å²) < 4.78 is 0. The standard InChI is InChI=1S/C12H13ClN2O4/c13-10-1-2-11(15(18)19)9(4-10)7-14-5-8(6-14)3-12(16)17/h1-2,4,8H,3,5-7H2,(H,16,17). The summed E-state index contributed by atoms with van der Waals surface area (Å²) in [5.41, 5.74) is 0.609. The largest absolute Gasteiger partial charge is 0.481 e. The summed E-state index contributed by atoms with van der Waals surface area (Å²) >= 11 is 5.84. The van der Waals surface area contributed by atoms with E-state index >= 15 is 0 Å². The molecule has 0 aromatic heterocycles. The smallest absolute Gasteiger partial charge is 0.303 e. The van der Waals surface area contributed by atoms with E-state index in [-0.39, 0.29) is 18.0 Å². The van der Waals surface area contributed by atoms with Crippen molar-refractivity contribution in [2.45, 2.75) is 13.0 Å². The molecule has 2 rings (SSSR count). The highest BCUT2D eigenvalue weighted by Crippen LogP contribution is 2.27. The van der Waals surface area contributed by atoms with E-state index < -0.39 is 10.9 Å². The zero-order valence-electron chi connectivity index (χ0n) is 10.1. The molecule has 1 aliphatic heterocycles. The minimum atomic E-state index is -0.807. The first-order valence-electron chi connectivity index (χ1n) is 5.82. The van der Waals surface area contributed by atoms with Crippen LogP contribution >= 0.6 is 11.6 Å². The Kier molecular flexibility index (Phi) is 4.01. The molecule has 19 heavy (non-hydrogen) atoms. The van der Waals surface area contributed by atoms with Crippen LogP contribution in [0.3, 0.4) is 0 Å². The van der Waals surface area contributed by atoms with Gasteiger partial charge >= 0.3 is 5.97 Å². The molecule has 0 spiro atoms. The summed E-state index contributed by atoms with van der Waals surface area (Å²) in [6, 6.07) is 4.48. The fraction of sp³-hybridized carbons (Fsp3) is 0.417. The molecule has 0 unspecified atom stereocenters. The molecule has 1 heterocycles. The average molecular weight is 285 g/mol. The number of halogens is 1. The number of carboxylic acids is 1. The van der Waals surface area contributed by atoms with Gasteiger partial charge < -0.3 is 5.11 Å². The van der Waals surface area contributed by atoms with E-state index in [9.17, 15) is 14.9 Å². The molecule has 0 radical (unpaired) electrons. The molecule has 0 atom stereocenters. The van der Waals surface area contributed by atoms with Crippen LogP contribution in [0.1, 0.15) is 12.0 Å². The Labute approximate surface area is 114 Å². The Bertz CT molecular complexity index is 514. The van der Waals surface area contributed by atoms with Crippen molar-refractivity contribution in [2.24, 2.45) is 5.92 Å². The molecule has 6 nitrogen and oxygen atoms in total. The maximum Gasteiger partial charge on any atom is 0.303 e. The van der Waals surface area contributed by atoms with Crippen molar-refractivity contribution in [1.82, 2.24) is 4.90 Å². The molecular formula is C12H13ClN2O4. The fourth-order valence-electron chi connectivity index (χ4n) is 2.28. The Hall–Kier alpha value is -1.66. The first-order chi connectivity index (χ1) is 8.95. The number of nitrogens with zero attached hydrogens (tertiary/aromatic N) is 2. The third-order valence-electron chi connectivity index (χ3n) is 3.13. The van der Waals surface area contributed by atoms with E-state index in [1.54, 1.807) is 6.07 Å². The molecule has 0 amide bonds. The summed E-state index contributed by atoms with van der Waals surface area (Å²) in [5.74, 6) is -0.672. The summed E-state index contributed by atoms with van der Waals surface area (Å²) in [5, 5.41) is 20.0. The van der Waals surface area contributed by atoms with Crippen LogP contribution in [-0.2, 0) is 11.3 Å². The molecule has 1 aromatic carbocycles. The second-order valence-corrected chi connectivity index (χ2v) is 5.12. The van der Waals surface area contributed by atoms with Gasteiger partial charge in [-0.05, 0) is 18.1 Å². The number of benzene rings is 1. The van der Waals surface area contributed by atoms with Gasteiger partial charge in [-0.1, -0.05) is 11.6 Å². The highest BCUT2D eigenvalue weighted by atomic mass is 35.5. The van der Waals surface area contributed by atoms with Crippen LogP contribution in [0.15, 0.2) is 18.2 Å². The highest BCUT2D eigenvalue weighted by Gasteiger charge is 2.29. The van der Waals surface area contributed by atoms with Gasteiger partial charge in [0.15, 0.2) is 0 Å². The van der Waals surface area contributed by atoms with Crippen LogP contribution in [0.5, 0.6) is 0 Å². The minimum absolute atomic E-state index is 0.0473. The van der Waals surface area contributed by atoms with Gasteiger partial charge in [0.25, 0.3) is 5.69 Å². The fourth-order valence-corrected chi connectivity index (χ4v) is 2.48. The van der Waals surface area contributed by atoms with Crippen LogP contribution in [0, 0.1) is 16.0 Å². The minimum Gasteiger partial charge on any atom is -0.481 e. The van der Waals surface area contributed by atoms with Crippen molar-refractivity contribution >= 4 is 23.3 Å². The number of nitro benzene ring substituents is 1. The lowest BCUT2D eigenvalue weighted by atomic mass is 9.95. The van der Waals surface area contributed by atoms with E-state index in [4.69, 9.17) is 16.7 Å². The first-order valence-corrected chi connectivity index (χ1v) is 6.20. The van der Waals surface area contributed by atoms with E-state index in [2.05, 4.69) is 0 Å². The van der Waals surface area contributed by atoms with Gasteiger partial charge in [0.1, 0.15) is 0 Å². The third-order valence-corrected chi connectivity index (χ3v) is 3.36. The lowest BCUT2D eigenvalue weighted by molar-refractivity contribution is -0.385. The van der Waals surface area contributed by atoms with Crippen LogP contribution in [0.4, 0.5) is 5.69 Å². The van der Waals surface area contributed by atoms with E-state index in [1.807, 2.05) is 4.90 Å². The number of nitro groups is 1. The molecule has 102 valence electrons. The Balaban J connectivity index is 1.99. The lowest BCUT2D eigenvalue weighted by Crippen LogP contribution is -2.46. The average Bonchev–Trinajstić information content (AvgIpc) is 2.25. The topological polar surface area (TPSA) is 83.7 Å². The van der Waals surface area contributed by atoms with E-state index in [0.29, 0.717) is 30.2 Å². The lowest BCUT2D eigenvalue weighted by Gasteiger charge is -2.38. The van der Waals surface area contributed by atoms with Gasteiger partial charge in [-0.15, -0.1) is 0 Å². The van der Waals surface area contributed by atoms with Crippen molar-refractivity contribution in [2.75, 3.05) is 13.1 Å². The molecule has 1 aromatic rings. The van der Waals surface area contributed by atoms with Gasteiger partial charge in [-0.25, -0.2) is 0 Å². The monoisotopic (exact) mass is 284 g/mol. The quantitative estimate of drug-likeness (QED) is 0.661. The molecule has 7 heteroatoms. The number of likely N-dealkylation sites (tertiary alicyclic amines) is 1. The van der Waals surface area contributed by atoms with Crippen LogP contribution in [-0.4, -0.2) is 34.0 Å².